The Morgan fingerprint density at radius 3 is 1.63 bits per heavy atom. The molecule has 15 aromatic rings. The average Bonchev–Trinajstić information content (AvgIpc) is 1.69. The molecule has 746 valence electrons. The molecule has 25 rings (SSSR count). The average molecular weight is 1960 g/mol. The third-order valence-corrected chi connectivity index (χ3v) is 30.3. The van der Waals surface area contributed by atoms with Crippen LogP contribution in [0.2, 0.25) is 0 Å². The molecule has 0 spiro atoms. The van der Waals surface area contributed by atoms with Crippen LogP contribution in [0, 0.1) is 17.5 Å². The SMILES string of the molecule is CN(CCc1ccccn1)C(=O)c1cn2c3c(c(NCCCN4CCOCC4)c(F)cc3c1=O)Oc1cc3c(cc1-2)-c1ccccc1C3.CN1CCN(CCCNC(=O)c2cn3c4c(c(N5CC[C@@H](N)C5)c(F)cc4c2=O)Oc2cc4c(cc2-3)oc2ccccc24)CC1.O=C(CCN1CCCCC1)N[C@@H]1CCN(c2c(F)cc3c(=O)c(C(=O)NCCN4CCCC4)cn4c3c2Oc2cc3c(cc2-4)oc2ccccc23)C1. The lowest BCUT2D eigenvalue weighted by molar-refractivity contribution is -0.122. The third-order valence-electron chi connectivity index (χ3n) is 30.3. The van der Waals surface area contributed by atoms with Gasteiger partial charge in [0.2, 0.25) is 22.2 Å². The van der Waals surface area contributed by atoms with Crippen molar-refractivity contribution in [3.05, 3.63) is 252 Å². The predicted octanol–water partition coefficient (Wildman–Crippen LogP) is 15.2. The van der Waals surface area contributed by atoms with Crippen LogP contribution in [-0.4, -0.2) is 255 Å². The molecule has 145 heavy (non-hydrogen) atoms. The Kier molecular flexibility index (Phi) is 25.9. The van der Waals surface area contributed by atoms with Crippen molar-refractivity contribution in [3.8, 4) is 62.7 Å². The number of ether oxygens (including phenoxy) is 4. The van der Waals surface area contributed by atoms with Gasteiger partial charge in [0, 0.05) is 201 Å². The zero-order valence-electron chi connectivity index (χ0n) is 81.2. The van der Waals surface area contributed by atoms with Crippen molar-refractivity contribution in [2.45, 2.75) is 89.1 Å². The largest absolute Gasteiger partial charge is 0.456 e. The number of hydrogen-bond acceptors (Lipinski definition) is 23. The lowest BCUT2D eigenvalue weighted by atomic mass is 10.0. The van der Waals surface area contributed by atoms with Gasteiger partial charge in [0.05, 0.1) is 46.4 Å². The van der Waals surface area contributed by atoms with Crippen molar-refractivity contribution in [2.75, 3.05) is 186 Å². The highest BCUT2D eigenvalue weighted by Crippen LogP contribution is 2.54. The van der Waals surface area contributed by atoms with Crippen molar-refractivity contribution in [2.24, 2.45) is 5.73 Å². The van der Waals surface area contributed by atoms with Crippen LogP contribution in [0.3, 0.4) is 0 Å². The molecule has 4 amide bonds. The van der Waals surface area contributed by atoms with E-state index in [1.165, 1.54) is 47.9 Å². The first-order valence-electron chi connectivity index (χ1n) is 50.8. The molecular weight excluding hydrogens is 1850 g/mol. The minimum atomic E-state index is -0.617. The Hall–Kier alpha value is -14.5. The fraction of sp³-hybridized carbons (Fsp3) is 0.357. The number of amides is 4. The van der Waals surface area contributed by atoms with Gasteiger partial charge in [-0.15, -0.1) is 0 Å². The smallest absolute Gasteiger partial charge is 0.259 e. The maximum Gasteiger partial charge on any atom is 0.259 e. The van der Waals surface area contributed by atoms with E-state index in [9.17, 15) is 33.6 Å². The summed E-state index contributed by atoms with van der Waals surface area (Å²) in [5.41, 5.74) is 16.3. The zero-order valence-corrected chi connectivity index (χ0v) is 81.2. The fourth-order valence-corrected chi connectivity index (χ4v) is 22.5. The summed E-state index contributed by atoms with van der Waals surface area (Å²) in [4.78, 5) is 117. The number of halogens is 3. The zero-order chi connectivity index (χ0) is 98.9. The molecule has 0 saturated carbocycles. The molecule has 6 N–H and O–H groups in total. The summed E-state index contributed by atoms with van der Waals surface area (Å²) in [5, 5.41) is 16.0. The lowest BCUT2D eigenvalue weighted by Gasteiger charge is -2.32. The van der Waals surface area contributed by atoms with Crippen molar-refractivity contribution < 1.29 is 60.1 Å². The second-order valence-corrected chi connectivity index (χ2v) is 39.7. The van der Waals surface area contributed by atoms with Crippen molar-refractivity contribution in [1.82, 2.24) is 64.0 Å². The molecule has 9 aromatic carbocycles. The summed E-state index contributed by atoms with van der Waals surface area (Å²) in [6.07, 6.45) is 17.0. The summed E-state index contributed by atoms with van der Waals surface area (Å²) in [6, 6.07) is 44.3. The van der Waals surface area contributed by atoms with Gasteiger partial charge in [-0.2, -0.15) is 0 Å². The number of rotatable bonds is 24. The lowest BCUT2D eigenvalue weighted by Crippen LogP contribution is -2.45. The topological polar surface area (TPSA) is 310 Å². The van der Waals surface area contributed by atoms with Gasteiger partial charge in [-0.25, -0.2) is 13.2 Å². The number of carbonyl (C=O) groups excluding carboxylic acids is 4. The highest BCUT2D eigenvalue weighted by molar-refractivity contribution is 6.10. The number of para-hydroxylation sites is 2. The first-order valence-corrected chi connectivity index (χ1v) is 50.8. The number of fused-ring (bicyclic) bond motifs is 15. The number of morpholine rings is 1. The number of carbonyl (C=O) groups is 4. The molecule has 2 atom stereocenters. The molecule has 0 unspecified atom stereocenters. The summed E-state index contributed by atoms with van der Waals surface area (Å²) < 4.78 is 91.4. The van der Waals surface area contributed by atoms with Crippen molar-refractivity contribution in [3.63, 3.8) is 0 Å². The molecule has 6 fully saturated rings. The molecule has 33 heteroatoms. The van der Waals surface area contributed by atoms with Crippen LogP contribution in [0.25, 0.3) is 105 Å². The van der Waals surface area contributed by atoms with Gasteiger partial charge in [0.15, 0.2) is 51.9 Å². The van der Waals surface area contributed by atoms with Gasteiger partial charge < -0.3 is 103 Å². The van der Waals surface area contributed by atoms with E-state index in [1.54, 1.807) is 41.0 Å². The first-order chi connectivity index (χ1) is 70.7. The molecular formula is C112H114F3N17O13. The van der Waals surface area contributed by atoms with Gasteiger partial charge in [-0.05, 0) is 193 Å². The number of pyridine rings is 4. The van der Waals surface area contributed by atoms with Gasteiger partial charge in [0.1, 0.15) is 72.6 Å². The van der Waals surface area contributed by atoms with E-state index in [0.29, 0.717) is 146 Å². The summed E-state index contributed by atoms with van der Waals surface area (Å²) in [6.45, 7) is 18.2. The quantitative estimate of drug-likeness (QED) is 0.0351. The number of hydrogen-bond donors (Lipinski definition) is 5. The van der Waals surface area contributed by atoms with Crippen LogP contribution < -0.4 is 67.3 Å². The number of nitrogens with one attached hydrogen (secondary N) is 4. The summed E-state index contributed by atoms with van der Waals surface area (Å²) in [7, 11) is 3.79. The van der Waals surface area contributed by atoms with E-state index in [2.05, 4.69) is 76.0 Å². The van der Waals surface area contributed by atoms with Gasteiger partial charge in [0.25, 0.3) is 17.7 Å². The predicted molar refractivity (Wildman–Crippen MR) is 554 cm³/mol. The normalized spacial score (nSPS) is 17.4. The minimum Gasteiger partial charge on any atom is -0.456 e. The number of nitrogens with two attached hydrogens (primary N) is 1. The number of piperazine rings is 1. The fourth-order valence-electron chi connectivity index (χ4n) is 22.5. The highest BCUT2D eigenvalue weighted by atomic mass is 19.1. The number of piperidine rings is 1. The number of nitrogens with zero attached hydrogens (tertiary/aromatic N) is 12. The maximum absolute atomic E-state index is 16.5. The summed E-state index contributed by atoms with van der Waals surface area (Å²) >= 11 is 0. The van der Waals surface area contributed by atoms with Gasteiger partial charge >= 0.3 is 0 Å². The molecule has 0 bridgehead atoms. The van der Waals surface area contributed by atoms with E-state index in [4.69, 9.17) is 33.5 Å². The molecule has 6 saturated heterocycles. The third kappa shape index (κ3) is 18.3. The Labute approximate surface area is 832 Å². The molecule has 0 radical (unpaired) electrons. The molecule has 10 aliphatic rings. The molecule has 1 aliphatic carbocycles. The van der Waals surface area contributed by atoms with Crippen LogP contribution in [-0.2, 0) is 22.4 Å². The number of anilines is 3. The highest BCUT2D eigenvalue weighted by Gasteiger charge is 2.40. The Bertz CT molecular complexity index is 7870. The second kappa shape index (κ2) is 39.9. The monoisotopic (exact) mass is 1960 g/mol. The number of likely N-dealkylation sites (N-methyl/N-ethyl adjacent to an activating group) is 2. The number of benzene rings is 9. The van der Waals surface area contributed by atoms with Crippen LogP contribution >= 0.6 is 0 Å². The van der Waals surface area contributed by atoms with Crippen molar-refractivity contribution >= 4 is 117 Å². The van der Waals surface area contributed by atoms with Gasteiger partial charge in [-0.1, -0.05) is 73.2 Å². The molecule has 15 heterocycles. The van der Waals surface area contributed by atoms with E-state index >= 15 is 13.2 Å². The standard InChI is InChI=1S/C40H43FN6O5.C38H36FN5O4.C34H35FN6O4/c41-30-20-28-36-39(37(30)46-18-10-25(23-46)43-35(48)11-17-44-13-4-1-5-14-44)52-34-21-27-26-8-2-3-9-32(26)51-33(27)22-31(34)47(36)24-29(38(28)49)40(50)42-12-19-45-15-6-7-16-45;1-42(14-10-26-8-4-5-11-40-26)38(46)30-23-44-32-22-28-25(19-24-7-2-3-9-27(24)28)20-33(32)48-37-34(31(39)21-29(35(37)44)36(30)45)41-12-6-13-43-15-17-47-18-16-43;1-38-11-13-39(14-12-38)9-4-8-37-34(43)24-19-41-26-17-28-22(21-5-2-3-6-27(21)44-28)16-29(26)45-33-30(41)23(32(24)42)15-25(35)31(33)40-10-7-20(36)18-40/h2-3,8-9,20-22,24-25H,1,4-7,10-19,23H2,(H,42,50)(H,43,48);2-5,7-9,11,20-23,41H,6,10,12-19H2,1H3;2-3,5-6,15-17,19-20H,4,7-14,18,36H2,1H3,(H,37,43)/t25-;;20-/m1.1/s1. The van der Waals surface area contributed by atoms with Crippen LogP contribution in [0.15, 0.2) is 194 Å². The van der Waals surface area contributed by atoms with E-state index in [0.717, 1.165) is 186 Å². The first kappa shape index (κ1) is 94.2. The Morgan fingerprint density at radius 1 is 0.476 bits per heavy atom. The second-order valence-electron chi connectivity index (χ2n) is 39.7. The van der Waals surface area contributed by atoms with Crippen LogP contribution in [0.1, 0.15) is 112 Å². The maximum atomic E-state index is 16.5. The van der Waals surface area contributed by atoms with Gasteiger partial charge in [-0.3, -0.25) is 43.4 Å². The summed E-state index contributed by atoms with van der Waals surface area (Å²) in [5.74, 6) is -1.06. The molecule has 6 aromatic heterocycles. The number of likely N-dealkylation sites (tertiary alicyclic amines) is 2. The van der Waals surface area contributed by atoms with Crippen LogP contribution in [0.4, 0.5) is 30.2 Å². The molecule has 9 aliphatic heterocycles. The Morgan fingerprint density at radius 2 is 1.00 bits per heavy atom. The Balaban J connectivity index is 0.000000121. The van der Waals surface area contributed by atoms with E-state index < -0.39 is 51.5 Å². The minimum absolute atomic E-state index is 0.000598. The van der Waals surface area contributed by atoms with Crippen LogP contribution in [0.5, 0.6) is 34.5 Å². The number of aromatic nitrogens is 4. The number of furan rings is 2. The molecule has 30 nitrogen and oxygen atoms in total. The van der Waals surface area contributed by atoms with E-state index in [-0.39, 0.29) is 85.2 Å². The van der Waals surface area contributed by atoms with Crippen molar-refractivity contribution in [1.29, 1.82) is 0 Å². The van der Waals surface area contributed by atoms with E-state index in [1.807, 2.05) is 124 Å².